The Hall–Kier alpha value is -3.46. The summed E-state index contributed by atoms with van der Waals surface area (Å²) in [6.07, 6.45) is 1.51. The molecule has 0 bridgehead atoms. The highest BCUT2D eigenvalue weighted by molar-refractivity contribution is 7.99. The molecule has 2 heterocycles. The SMILES string of the molecule is O=C(CSc1nc2ccccc2c(=O)n1Cc1ccco1)Nc1ccc(F)c(F)c1. The molecule has 0 saturated carbocycles. The number of para-hydroxylation sites is 1. The molecule has 9 heteroatoms. The maximum atomic E-state index is 13.3. The van der Waals surface area contributed by atoms with Gasteiger partial charge in [0.2, 0.25) is 5.91 Å². The molecule has 1 N–H and O–H groups in total. The van der Waals surface area contributed by atoms with Gasteiger partial charge in [0.1, 0.15) is 5.76 Å². The molecule has 6 nitrogen and oxygen atoms in total. The van der Waals surface area contributed by atoms with Crippen molar-refractivity contribution in [1.82, 2.24) is 9.55 Å². The number of benzene rings is 2. The molecule has 0 aliphatic heterocycles. The Morgan fingerprint density at radius 3 is 2.70 bits per heavy atom. The first-order valence-corrected chi connectivity index (χ1v) is 9.89. The van der Waals surface area contributed by atoms with E-state index in [0.717, 1.165) is 23.9 Å². The molecule has 2 aromatic carbocycles. The number of carbonyl (C=O) groups is 1. The van der Waals surface area contributed by atoms with Crippen LogP contribution in [-0.2, 0) is 11.3 Å². The van der Waals surface area contributed by atoms with E-state index in [1.807, 2.05) is 0 Å². The van der Waals surface area contributed by atoms with E-state index in [0.29, 0.717) is 21.8 Å². The van der Waals surface area contributed by atoms with Crippen LogP contribution in [-0.4, -0.2) is 21.2 Å². The van der Waals surface area contributed by atoms with E-state index in [1.54, 1.807) is 36.4 Å². The second kappa shape index (κ2) is 8.50. The Labute approximate surface area is 173 Å². The van der Waals surface area contributed by atoms with Crippen molar-refractivity contribution in [3.8, 4) is 0 Å². The van der Waals surface area contributed by atoms with Crippen LogP contribution < -0.4 is 10.9 Å². The lowest BCUT2D eigenvalue weighted by molar-refractivity contribution is -0.113. The minimum Gasteiger partial charge on any atom is -0.467 e. The van der Waals surface area contributed by atoms with E-state index in [2.05, 4.69) is 10.3 Å². The molecule has 4 rings (SSSR count). The Morgan fingerprint density at radius 2 is 1.93 bits per heavy atom. The average Bonchev–Trinajstić information content (AvgIpc) is 3.25. The van der Waals surface area contributed by atoms with E-state index in [4.69, 9.17) is 4.42 Å². The normalized spacial score (nSPS) is 11.0. The number of hydrogen-bond acceptors (Lipinski definition) is 5. The molecule has 4 aromatic rings. The number of anilines is 1. The van der Waals surface area contributed by atoms with Crippen molar-refractivity contribution in [1.29, 1.82) is 0 Å². The van der Waals surface area contributed by atoms with Gasteiger partial charge in [0, 0.05) is 11.8 Å². The third kappa shape index (κ3) is 4.25. The Morgan fingerprint density at radius 1 is 1.10 bits per heavy atom. The van der Waals surface area contributed by atoms with Crippen molar-refractivity contribution in [2.75, 3.05) is 11.1 Å². The molecule has 0 unspecified atom stereocenters. The molecule has 2 aromatic heterocycles. The molecule has 0 fully saturated rings. The first-order valence-electron chi connectivity index (χ1n) is 8.91. The topological polar surface area (TPSA) is 77.1 Å². The van der Waals surface area contributed by atoms with Gasteiger partial charge >= 0.3 is 0 Å². The van der Waals surface area contributed by atoms with Gasteiger partial charge in [0.05, 0.1) is 29.5 Å². The van der Waals surface area contributed by atoms with Crippen molar-refractivity contribution in [3.05, 3.63) is 88.6 Å². The van der Waals surface area contributed by atoms with Crippen LogP contribution in [0.15, 0.2) is 75.2 Å². The maximum Gasteiger partial charge on any atom is 0.262 e. The number of thioether (sulfide) groups is 1. The highest BCUT2D eigenvalue weighted by atomic mass is 32.2. The molecule has 0 saturated heterocycles. The molecule has 0 aliphatic rings. The summed E-state index contributed by atoms with van der Waals surface area (Å²) in [6, 6.07) is 13.5. The van der Waals surface area contributed by atoms with Gasteiger partial charge in [-0.15, -0.1) is 0 Å². The zero-order valence-electron chi connectivity index (χ0n) is 15.5. The van der Waals surface area contributed by atoms with Crippen LogP contribution >= 0.6 is 11.8 Å². The van der Waals surface area contributed by atoms with Crippen molar-refractivity contribution >= 4 is 34.3 Å². The van der Waals surface area contributed by atoms with Gasteiger partial charge in [-0.2, -0.15) is 0 Å². The number of nitrogens with one attached hydrogen (secondary N) is 1. The van der Waals surface area contributed by atoms with Gasteiger partial charge in [-0.3, -0.25) is 14.2 Å². The third-order valence-corrected chi connectivity index (χ3v) is 5.23. The van der Waals surface area contributed by atoms with Crippen molar-refractivity contribution in [2.24, 2.45) is 0 Å². The summed E-state index contributed by atoms with van der Waals surface area (Å²) in [5.41, 5.74) is 0.404. The van der Waals surface area contributed by atoms with Crippen molar-refractivity contribution in [2.45, 2.75) is 11.7 Å². The van der Waals surface area contributed by atoms with E-state index in [9.17, 15) is 18.4 Å². The molecule has 0 radical (unpaired) electrons. The fourth-order valence-electron chi connectivity index (χ4n) is 2.86. The highest BCUT2D eigenvalue weighted by Crippen LogP contribution is 2.20. The molecule has 30 heavy (non-hydrogen) atoms. The minimum atomic E-state index is -1.05. The number of amides is 1. The lowest BCUT2D eigenvalue weighted by atomic mass is 10.2. The van der Waals surface area contributed by atoms with Gasteiger partial charge in [0.15, 0.2) is 16.8 Å². The molecule has 152 valence electrons. The molecular weight excluding hydrogens is 412 g/mol. The summed E-state index contributed by atoms with van der Waals surface area (Å²) in [6.45, 7) is 0.163. The molecule has 0 aliphatic carbocycles. The second-order valence-corrected chi connectivity index (χ2v) is 7.29. The number of nitrogens with zero attached hydrogens (tertiary/aromatic N) is 2. The van der Waals surface area contributed by atoms with Gasteiger partial charge < -0.3 is 9.73 Å². The molecule has 0 spiro atoms. The van der Waals surface area contributed by atoms with E-state index >= 15 is 0 Å². The maximum absolute atomic E-state index is 13.3. The number of rotatable bonds is 6. The summed E-state index contributed by atoms with van der Waals surface area (Å²) in [7, 11) is 0. The van der Waals surface area contributed by atoms with Crippen LogP contribution in [0, 0.1) is 11.6 Å². The number of halogens is 2. The Bertz CT molecular complexity index is 1270. The molecular formula is C21H15F2N3O3S. The summed E-state index contributed by atoms with van der Waals surface area (Å²) in [5, 5.41) is 3.30. The zero-order valence-corrected chi connectivity index (χ0v) is 16.3. The average molecular weight is 427 g/mol. The van der Waals surface area contributed by atoms with E-state index in [-0.39, 0.29) is 23.5 Å². The number of hydrogen-bond donors (Lipinski definition) is 1. The monoisotopic (exact) mass is 427 g/mol. The van der Waals surface area contributed by atoms with Crippen molar-refractivity contribution < 1.29 is 18.0 Å². The summed E-state index contributed by atoms with van der Waals surface area (Å²) < 4.78 is 33.1. The standard InChI is InChI=1S/C21H15F2N3O3S/c22-16-8-7-13(10-17(16)23)24-19(27)12-30-21-25-18-6-2-1-5-15(18)20(28)26(21)11-14-4-3-9-29-14/h1-10H,11-12H2,(H,24,27). The molecule has 1 amide bonds. The lowest BCUT2D eigenvalue weighted by Crippen LogP contribution is -2.24. The fraction of sp³-hybridized carbons (Fsp3) is 0.0952. The predicted molar refractivity (Wildman–Crippen MR) is 110 cm³/mol. The smallest absolute Gasteiger partial charge is 0.262 e. The number of carbonyl (C=O) groups excluding carboxylic acids is 1. The van der Waals surface area contributed by atoms with E-state index in [1.165, 1.54) is 16.9 Å². The number of aromatic nitrogens is 2. The zero-order chi connectivity index (χ0) is 21.1. The fourth-order valence-corrected chi connectivity index (χ4v) is 3.66. The first kappa shape index (κ1) is 19.8. The van der Waals surface area contributed by atoms with Crippen LogP contribution in [0.25, 0.3) is 10.9 Å². The number of furan rings is 1. The number of fused-ring (bicyclic) bond motifs is 1. The van der Waals surface area contributed by atoms with Crippen LogP contribution in [0.5, 0.6) is 0 Å². The predicted octanol–water partition coefficient (Wildman–Crippen LogP) is 4.05. The lowest BCUT2D eigenvalue weighted by Gasteiger charge is -2.12. The van der Waals surface area contributed by atoms with Gasteiger partial charge in [-0.25, -0.2) is 13.8 Å². The van der Waals surface area contributed by atoms with Crippen LogP contribution in [0.4, 0.5) is 14.5 Å². The van der Waals surface area contributed by atoms with Crippen molar-refractivity contribution in [3.63, 3.8) is 0 Å². The largest absolute Gasteiger partial charge is 0.467 e. The summed E-state index contributed by atoms with van der Waals surface area (Å²) >= 11 is 1.06. The van der Waals surface area contributed by atoms with Gasteiger partial charge in [0.25, 0.3) is 5.56 Å². The molecule has 0 atom stereocenters. The van der Waals surface area contributed by atoms with Gasteiger partial charge in [-0.05, 0) is 36.4 Å². The summed E-state index contributed by atoms with van der Waals surface area (Å²) in [5.74, 6) is -2.00. The van der Waals surface area contributed by atoms with E-state index < -0.39 is 17.5 Å². The van der Waals surface area contributed by atoms with Crippen LogP contribution in [0.2, 0.25) is 0 Å². The summed E-state index contributed by atoms with van der Waals surface area (Å²) in [4.78, 5) is 29.8. The van der Waals surface area contributed by atoms with Crippen LogP contribution in [0.3, 0.4) is 0 Å². The Balaban J connectivity index is 1.58. The van der Waals surface area contributed by atoms with Crippen LogP contribution in [0.1, 0.15) is 5.76 Å². The quantitative estimate of drug-likeness (QED) is 0.371. The highest BCUT2D eigenvalue weighted by Gasteiger charge is 2.15. The Kier molecular flexibility index (Phi) is 5.62. The minimum absolute atomic E-state index is 0.0814. The first-order chi connectivity index (χ1) is 14.5. The second-order valence-electron chi connectivity index (χ2n) is 6.35. The third-order valence-electron chi connectivity index (χ3n) is 4.26. The van der Waals surface area contributed by atoms with Gasteiger partial charge in [-0.1, -0.05) is 23.9 Å².